The SMILES string of the molecule is Cc1ccc(C(=O)Nc2nc(C(C)C)cs2)cc1S(N)(=O)=O. The Morgan fingerprint density at radius 1 is 1.36 bits per heavy atom. The fourth-order valence-electron chi connectivity index (χ4n) is 1.83. The van der Waals surface area contributed by atoms with Crippen molar-refractivity contribution in [2.75, 3.05) is 5.32 Å². The molecule has 2 rings (SSSR count). The van der Waals surface area contributed by atoms with Gasteiger partial charge in [-0.2, -0.15) is 0 Å². The Kier molecular flexibility index (Phi) is 4.64. The maximum Gasteiger partial charge on any atom is 0.257 e. The minimum absolute atomic E-state index is 0.0536. The number of primary sulfonamides is 1. The van der Waals surface area contributed by atoms with Crippen molar-refractivity contribution in [2.45, 2.75) is 31.6 Å². The van der Waals surface area contributed by atoms with Gasteiger partial charge in [0.15, 0.2) is 5.13 Å². The van der Waals surface area contributed by atoms with Crippen molar-refractivity contribution in [3.05, 3.63) is 40.4 Å². The van der Waals surface area contributed by atoms with E-state index < -0.39 is 15.9 Å². The van der Waals surface area contributed by atoms with E-state index in [1.54, 1.807) is 19.1 Å². The number of amides is 1. The largest absolute Gasteiger partial charge is 0.298 e. The summed E-state index contributed by atoms with van der Waals surface area (Å²) in [7, 11) is -3.86. The lowest BCUT2D eigenvalue weighted by molar-refractivity contribution is 0.102. The summed E-state index contributed by atoms with van der Waals surface area (Å²) in [6.07, 6.45) is 0. The van der Waals surface area contributed by atoms with Gasteiger partial charge in [0, 0.05) is 10.9 Å². The number of rotatable bonds is 4. The minimum Gasteiger partial charge on any atom is -0.298 e. The van der Waals surface area contributed by atoms with Gasteiger partial charge in [-0.25, -0.2) is 18.5 Å². The van der Waals surface area contributed by atoms with Crippen LogP contribution in [0.15, 0.2) is 28.5 Å². The number of nitrogens with zero attached hydrogens (tertiary/aromatic N) is 1. The van der Waals surface area contributed by atoms with E-state index in [-0.39, 0.29) is 16.4 Å². The summed E-state index contributed by atoms with van der Waals surface area (Å²) < 4.78 is 23.0. The van der Waals surface area contributed by atoms with Gasteiger partial charge in [-0.05, 0) is 30.5 Å². The summed E-state index contributed by atoms with van der Waals surface area (Å²) in [5.41, 5.74) is 1.61. The fourth-order valence-corrected chi connectivity index (χ4v) is 3.50. The lowest BCUT2D eigenvalue weighted by Crippen LogP contribution is -2.17. The number of carbonyl (C=O) groups excluding carboxylic acids is 1. The van der Waals surface area contributed by atoms with Crippen LogP contribution in [0.2, 0.25) is 0 Å². The van der Waals surface area contributed by atoms with Crippen molar-refractivity contribution in [2.24, 2.45) is 5.14 Å². The van der Waals surface area contributed by atoms with Crippen molar-refractivity contribution < 1.29 is 13.2 Å². The molecule has 3 N–H and O–H groups in total. The van der Waals surface area contributed by atoms with Gasteiger partial charge in [0.25, 0.3) is 5.91 Å². The van der Waals surface area contributed by atoms with Crippen LogP contribution in [-0.2, 0) is 10.0 Å². The molecule has 0 aliphatic heterocycles. The molecule has 0 saturated heterocycles. The molecule has 0 atom stereocenters. The van der Waals surface area contributed by atoms with Gasteiger partial charge in [-0.1, -0.05) is 19.9 Å². The minimum atomic E-state index is -3.86. The molecule has 1 aromatic carbocycles. The molecule has 0 bridgehead atoms. The average molecular weight is 339 g/mol. The summed E-state index contributed by atoms with van der Waals surface area (Å²) >= 11 is 1.33. The van der Waals surface area contributed by atoms with Crippen LogP contribution in [0.4, 0.5) is 5.13 Å². The molecule has 6 nitrogen and oxygen atoms in total. The topological polar surface area (TPSA) is 102 Å². The molecule has 8 heteroatoms. The average Bonchev–Trinajstić information content (AvgIpc) is 2.86. The second-order valence-electron chi connectivity index (χ2n) is 5.21. The first-order chi connectivity index (χ1) is 10.2. The molecular formula is C14H17N3O3S2. The highest BCUT2D eigenvalue weighted by atomic mass is 32.2. The summed E-state index contributed by atoms with van der Waals surface area (Å²) in [5, 5.41) is 10.2. The molecule has 0 aliphatic rings. The first kappa shape index (κ1) is 16.6. The van der Waals surface area contributed by atoms with E-state index in [2.05, 4.69) is 10.3 Å². The number of anilines is 1. The first-order valence-corrected chi connectivity index (χ1v) is 9.01. The van der Waals surface area contributed by atoms with E-state index in [1.807, 2.05) is 19.2 Å². The van der Waals surface area contributed by atoms with Crippen molar-refractivity contribution in [3.8, 4) is 0 Å². The number of hydrogen-bond donors (Lipinski definition) is 2. The number of hydrogen-bond acceptors (Lipinski definition) is 5. The predicted molar refractivity (Wildman–Crippen MR) is 86.7 cm³/mol. The highest BCUT2D eigenvalue weighted by molar-refractivity contribution is 7.89. The Balaban J connectivity index is 2.26. The zero-order valence-electron chi connectivity index (χ0n) is 12.5. The van der Waals surface area contributed by atoms with Crippen LogP contribution in [0, 0.1) is 6.92 Å². The van der Waals surface area contributed by atoms with Gasteiger partial charge < -0.3 is 0 Å². The van der Waals surface area contributed by atoms with Crippen molar-refractivity contribution >= 4 is 32.4 Å². The van der Waals surface area contributed by atoms with Gasteiger partial charge in [0.05, 0.1) is 10.6 Å². The Hall–Kier alpha value is -1.77. The molecule has 118 valence electrons. The lowest BCUT2D eigenvalue weighted by Gasteiger charge is -2.07. The first-order valence-electron chi connectivity index (χ1n) is 6.58. The highest BCUT2D eigenvalue weighted by Crippen LogP contribution is 2.22. The molecular weight excluding hydrogens is 322 g/mol. The quantitative estimate of drug-likeness (QED) is 0.893. The van der Waals surface area contributed by atoms with E-state index in [0.29, 0.717) is 10.7 Å². The van der Waals surface area contributed by atoms with Crippen LogP contribution in [0.25, 0.3) is 0 Å². The normalized spacial score (nSPS) is 11.7. The van der Waals surface area contributed by atoms with Crippen LogP contribution < -0.4 is 10.5 Å². The molecule has 0 spiro atoms. The van der Waals surface area contributed by atoms with Crippen molar-refractivity contribution in [1.82, 2.24) is 4.98 Å². The maximum atomic E-state index is 12.2. The molecule has 0 aliphatic carbocycles. The maximum absolute atomic E-state index is 12.2. The third kappa shape index (κ3) is 3.70. The van der Waals surface area contributed by atoms with E-state index in [9.17, 15) is 13.2 Å². The molecule has 1 heterocycles. The van der Waals surface area contributed by atoms with Gasteiger partial charge >= 0.3 is 0 Å². The number of nitrogens with two attached hydrogens (primary N) is 1. The highest BCUT2D eigenvalue weighted by Gasteiger charge is 2.16. The zero-order chi connectivity index (χ0) is 16.5. The smallest absolute Gasteiger partial charge is 0.257 e. The number of benzene rings is 1. The van der Waals surface area contributed by atoms with Gasteiger partial charge in [-0.3, -0.25) is 10.1 Å². The Bertz CT molecular complexity index is 810. The van der Waals surface area contributed by atoms with Gasteiger partial charge in [0.1, 0.15) is 0 Å². The predicted octanol–water partition coefficient (Wildman–Crippen LogP) is 2.47. The van der Waals surface area contributed by atoms with E-state index >= 15 is 0 Å². The van der Waals surface area contributed by atoms with Crippen LogP contribution in [-0.4, -0.2) is 19.3 Å². The van der Waals surface area contributed by atoms with E-state index in [4.69, 9.17) is 5.14 Å². The molecule has 1 amide bonds. The molecule has 1 aromatic heterocycles. The summed E-state index contributed by atoms with van der Waals surface area (Å²) in [5.74, 6) is -0.148. The number of thiazole rings is 1. The number of carbonyl (C=O) groups is 1. The molecule has 0 fully saturated rings. The molecule has 2 aromatic rings. The fraction of sp³-hybridized carbons (Fsp3) is 0.286. The molecule has 0 unspecified atom stereocenters. The third-order valence-corrected chi connectivity index (χ3v) is 4.92. The number of nitrogens with one attached hydrogen (secondary N) is 1. The van der Waals surface area contributed by atoms with Crippen LogP contribution in [0.3, 0.4) is 0 Å². The van der Waals surface area contributed by atoms with Crippen LogP contribution >= 0.6 is 11.3 Å². The Morgan fingerprint density at radius 2 is 2.05 bits per heavy atom. The summed E-state index contributed by atoms with van der Waals surface area (Å²) in [6, 6.07) is 4.38. The van der Waals surface area contributed by atoms with Gasteiger partial charge in [-0.15, -0.1) is 11.3 Å². The third-order valence-electron chi connectivity index (χ3n) is 3.09. The molecule has 0 saturated carbocycles. The summed E-state index contributed by atoms with van der Waals surface area (Å²) in [6.45, 7) is 5.65. The lowest BCUT2D eigenvalue weighted by atomic mass is 10.1. The summed E-state index contributed by atoms with van der Waals surface area (Å²) in [4.78, 5) is 16.5. The standard InChI is InChI=1S/C14H17N3O3S2/c1-8(2)11-7-21-14(16-11)17-13(18)10-5-4-9(3)12(6-10)22(15,19)20/h4-8H,1-3H3,(H2,15,19,20)(H,16,17,18). The second-order valence-corrected chi connectivity index (χ2v) is 7.60. The van der Waals surface area contributed by atoms with E-state index in [1.165, 1.54) is 17.4 Å². The Morgan fingerprint density at radius 3 is 2.59 bits per heavy atom. The zero-order valence-corrected chi connectivity index (χ0v) is 14.1. The number of aromatic nitrogens is 1. The Labute approximate surface area is 133 Å². The van der Waals surface area contributed by atoms with Crippen molar-refractivity contribution in [3.63, 3.8) is 0 Å². The number of sulfonamides is 1. The molecule has 0 radical (unpaired) electrons. The van der Waals surface area contributed by atoms with Crippen LogP contribution in [0.1, 0.15) is 41.4 Å². The number of aryl methyl sites for hydroxylation is 1. The van der Waals surface area contributed by atoms with Crippen molar-refractivity contribution in [1.29, 1.82) is 0 Å². The molecule has 22 heavy (non-hydrogen) atoms. The monoisotopic (exact) mass is 339 g/mol. The second kappa shape index (κ2) is 6.15. The van der Waals surface area contributed by atoms with Gasteiger partial charge in [0.2, 0.25) is 10.0 Å². The van der Waals surface area contributed by atoms with Crippen LogP contribution in [0.5, 0.6) is 0 Å². The van der Waals surface area contributed by atoms with E-state index in [0.717, 1.165) is 5.69 Å².